The van der Waals surface area contributed by atoms with Gasteiger partial charge in [-0.25, -0.2) is 17.5 Å². The number of nitrogens with one attached hydrogen (secondary N) is 2. The lowest BCUT2D eigenvalue weighted by Crippen LogP contribution is -2.45. The zero-order chi connectivity index (χ0) is 21.4. The van der Waals surface area contributed by atoms with E-state index in [-0.39, 0.29) is 17.6 Å². The number of alkyl carbamates (subject to hydrolysis) is 1. The Hall–Kier alpha value is -1.39. The highest BCUT2D eigenvalue weighted by molar-refractivity contribution is 7.89. The predicted molar refractivity (Wildman–Crippen MR) is 109 cm³/mol. The number of ether oxygens (including phenoxy) is 1. The molecule has 0 aromatic rings. The summed E-state index contributed by atoms with van der Waals surface area (Å²) in [5, 5.41) is 5.46. The van der Waals surface area contributed by atoms with E-state index in [2.05, 4.69) is 15.5 Å². The molecule has 1 aliphatic rings. The van der Waals surface area contributed by atoms with Crippen LogP contribution in [0.5, 0.6) is 0 Å². The molecule has 10 heteroatoms. The van der Waals surface area contributed by atoms with Gasteiger partial charge in [0.25, 0.3) is 0 Å². The van der Waals surface area contributed by atoms with Gasteiger partial charge in [0.15, 0.2) is 0 Å². The van der Waals surface area contributed by atoms with Crippen LogP contribution in [0.4, 0.5) is 4.79 Å². The van der Waals surface area contributed by atoms with Crippen molar-refractivity contribution in [3.8, 4) is 0 Å². The first-order valence-corrected chi connectivity index (χ1v) is 11.4. The van der Waals surface area contributed by atoms with E-state index in [1.54, 1.807) is 20.8 Å². The summed E-state index contributed by atoms with van der Waals surface area (Å²) in [6, 6.07) is 0. The molecule has 1 atom stereocenters. The van der Waals surface area contributed by atoms with Crippen LogP contribution in [0.2, 0.25) is 0 Å². The number of carbonyl (C=O) groups excluding carboxylic acids is 2. The van der Waals surface area contributed by atoms with Gasteiger partial charge in [-0.2, -0.15) is 0 Å². The van der Waals surface area contributed by atoms with Gasteiger partial charge >= 0.3 is 6.09 Å². The minimum atomic E-state index is -3.18. The first kappa shape index (κ1) is 24.6. The van der Waals surface area contributed by atoms with Gasteiger partial charge in [0, 0.05) is 33.7 Å². The fourth-order valence-corrected chi connectivity index (χ4v) is 3.79. The average Bonchev–Trinajstić information content (AvgIpc) is 2.57. The topological polar surface area (TPSA) is 108 Å². The third-order valence-electron chi connectivity index (χ3n) is 4.40. The first-order valence-electron chi connectivity index (χ1n) is 9.78. The Morgan fingerprint density at radius 1 is 1.18 bits per heavy atom. The first-order chi connectivity index (χ1) is 12.9. The lowest BCUT2D eigenvalue weighted by Gasteiger charge is -2.32. The summed E-state index contributed by atoms with van der Waals surface area (Å²) in [5.41, 5.74) is -0.551. The molecule has 0 radical (unpaired) electrons. The van der Waals surface area contributed by atoms with Crippen molar-refractivity contribution < 1.29 is 22.7 Å². The van der Waals surface area contributed by atoms with Crippen molar-refractivity contribution in [1.82, 2.24) is 19.8 Å². The highest BCUT2D eigenvalue weighted by atomic mass is 32.2. The number of carbonyl (C=O) groups is 2. The molecular weight excluding hydrogens is 384 g/mol. The van der Waals surface area contributed by atoms with Gasteiger partial charge in [0.2, 0.25) is 15.9 Å². The summed E-state index contributed by atoms with van der Waals surface area (Å²) in [4.78, 5) is 26.1. The summed E-state index contributed by atoms with van der Waals surface area (Å²) in [6.45, 7) is 8.20. The number of amides is 2. The summed E-state index contributed by atoms with van der Waals surface area (Å²) >= 11 is 0. The van der Waals surface area contributed by atoms with E-state index in [4.69, 9.17) is 4.74 Å². The Labute approximate surface area is 169 Å². The lowest BCUT2D eigenvalue weighted by atomic mass is 9.97. The van der Waals surface area contributed by atoms with E-state index in [0.717, 1.165) is 19.4 Å². The lowest BCUT2D eigenvalue weighted by molar-refractivity contribution is -0.126. The molecule has 1 rings (SSSR count). The Balaban J connectivity index is 2.28. The molecule has 1 unspecified atom stereocenters. The summed E-state index contributed by atoms with van der Waals surface area (Å²) in [7, 11) is -0.108. The minimum absolute atomic E-state index is 0.0309. The van der Waals surface area contributed by atoms with E-state index in [9.17, 15) is 18.0 Å². The molecule has 1 aliphatic heterocycles. The van der Waals surface area contributed by atoms with Crippen molar-refractivity contribution in [2.24, 2.45) is 5.92 Å². The van der Waals surface area contributed by atoms with Crippen LogP contribution in [0.25, 0.3) is 0 Å². The second kappa shape index (κ2) is 11.0. The van der Waals surface area contributed by atoms with Gasteiger partial charge in [-0.05, 0) is 53.1 Å². The second-order valence-electron chi connectivity index (χ2n) is 8.31. The van der Waals surface area contributed by atoms with Crippen LogP contribution < -0.4 is 10.6 Å². The van der Waals surface area contributed by atoms with Crippen molar-refractivity contribution in [3.63, 3.8) is 0 Å². The van der Waals surface area contributed by atoms with E-state index < -0.39 is 21.7 Å². The molecule has 2 N–H and O–H groups in total. The fraction of sp³-hybridized carbons (Fsp3) is 0.889. The molecule has 1 fully saturated rings. The maximum atomic E-state index is 12.4. The van der Waals surface area contributed by atoms with Crippen LogP contribution in [0.15, 0.2) is 0 Å². The molecule has 1 saturated heterocycles. The molecule has 28 heavy (non-hydrogen) atoms. The standard InChI is InChI=1S/C18H36N4O5S/c1-18(2,3)27-17(24)20-10-9-19-16(23)15-8-6-11-22(14-15)12-7-13-28(25,26)21(4)5/h15H,6-14H2,1-5H3,(H,19,23)(H,20,24). The molecule has 0 aromatic carbocycles. The highest BCUT2D eigenvalue weighted by Crippen LogP contribution is 2.17. The molecule has 0 bridgehead atoms. The summed E-state index contributed by atoms with van der Waals surface area (Å²) < 4.78 is 30.0. The molecule has 0 saturated carbocycles. The number of rotatable bonds is 9. The molecule has 0 spiro atoms. The largest absolute Gasteiger partial charge is 0.444 e. The van der Waals surface area contributed by atoms with Gasteiger partial charge in [0.05, 0.1) is 11.7 Å². The van der Waals surface area contributed by atoms with Gasteiger partial charge < -0.3 is 20.3 Å². The van der Waals surface area contributed by atoms with E-state index in [1.165, 1.54) is 18.4 Å². The molecule has 0 aromatic heterocycles. The molecule has 2 amide bonds. The van der Waals surface area contributed by atoms with Gasteiger partial charge in [-0.1, -0.05) is 0 Å². The van der Waals surface area contributed by atoms with Crippen molar-refractivity contribution in [2.75, 3.05) is 52.6 Å². The maximum absolute atomic E-state index is 12.4. The zero-order valence-corrected chi connectivity index (χ0v) is 18.6. The predicted octanol–water partition coefficient (Wildman–Crippen LogP) is 0.621. The number of nitrogens with zero attached hydrogens (tertiary/aromatic N) is 2. The molecule has 164 valence electrons. The van der Waals surface area contributed by atoms with Crippen LogP contribution in [0, 0.1) is 5.92 Å². The van der Waals surface area contributed by atoms with Crippen LogP contribution in [-0.4, -0.2) is 87.8 Å². The fourth-order valence-electron chi connectivity index (χ4n) is 2.93. The Morgan fingerprint density at radius 2 is 1.82 bits per heavy atom. The van der Waals surface area contributed by atoms with Crippen LogP contribution in [-0.2, 0) is 19.6 Å². The van der Waals surface area contributed by atoms with E-state index in [1.807, 2.05) is 0 Å². The van der Waals surface area contributed by atoms with Crippen LogP contribution in [0.3, 0.4) is 0 Å². The molecule has 1 heterocycles. The number of likely N-dealkylation sites (tertiary alicyclic amines) is 1. The van der Waals surface area contributed by atoms with Crippen molar-refractivity contribution >= 4 is 22.0 Å². The third-order valence-corrected chi connectivity index (χ3v) is 6.32. The highest BCUT2D eigenvalue weighted by Gasteiger charge is 2.26. The maximum Gasteiger partial charge on any atom is 0.407 e. The van der Waals surface area contributed by atoms with Crippen LogP contribution >= 0.6 is 0 Å². The molecule has 0 aliphatic carbocycles. The number of hydrogen-bond donors (Lipinski definition) is 2. The zero-order valence-electron chi connectivity index (χ0n) is 17.8. The second-order valence-corrected chi connectivity index (χ2v) is 10.6. The summed E-state index contributed by atoms with van der Waals surface area (Å²) in [6.07, 6.45) is 1.78. The van der Waals surface area contributed by atoms with E-state index >= 15 is 0 Å². The number of piperidine rings is 1. The monoisotopic (exact) mass is 420 g/mol. The Morgan fingerprint density at radius 3 is 2.43 bits per heavy atom. The van der Waals surface area contributed by atoms with Crippen molar-refractivity contribution in [1.29, 1.82) is 0 Å². The normalized spacial score (nSPS) is 18.7. The summed E-state index contributed by atoms with van der Waals surface area (Å²) in [5.74, 6) is -0.0266. The minimum Gasteiger partial charge on any atom is -0.444 e. The van der Waals surface area contributed by atoms with E-state index in [0.29, 0.717) is 32.6 Å². The molecular formula is C18H36N4O5S. The Bertz CT molecular complexity index is 616. The SMILES string of the molecule is CN(C)S(=O)(=O)CCCN1CCCC(C(=O)NCCNC(=O)OC(C)(C)C)C1. The van der Waals surface area contributed by atoms with Gasteiger partial charge in [-0.15, -0.1) is 0 Å². The third kappa shape index (κ3) is 9.70. The van der Waals surface area contributed by atoms with Gasteiger partial charge in [0.1, 0.15) is 5.60 Å². The van der Waals surface area contributed by atoms with Crippen molar-refractivity contribution in [2.45, 2.75) is 45.6 Å². The Kier molecular flexibility index (Phi) is 9.65. The average molecular weight is 421 g/mol. The molecule has 9 nitrogen and oxygen atoms in total. The van der Waals surface area contributed by atoms with Gasteiger partial charge in [-0.3, -0.25) is 4.79 Å². The number of hydrogen-bond acceptors (Lipinski definition) is 6. The quantitative estimate of drug-likeness (QED) is 0.530. The van der Waals surface area contributed by atoms with Crippen LogP contribution in [0.1, 0.15) is 40.0 Å². The smallest absolute Gasteiger partial charge is 0.407 e. The van der Waals surface area contributed by atoms with Crippen molar-refractivity contribution in [3.05, 3.63) is 0 Å². The number of sulfonamides is 1.